The van der Waals surface area contributed by atoms with E-state index in [0.29, 0.717) is 0 Å². The van der Waals surface area contributed by atoms with Gasteiger partial charge in [-0.25, -0.2) is 0 Å². The van der Waals surface area contributed by atoms with Gasteiger partial charge < -0.3 is 10.6 Å². The molecule has 1 aromatic heterocycles. The van der Waals surface area contributed by atoms with Crippen molar-refractivity contribution in [2.24, 2.45) is 0 Å². The second kappa shape index (κ2) is 6.76. The van der Waals surface area contributed by atoms with Gasteiger partial charge in [-0.1, -0.05) is 6.07 Å². The highest BCUT2D eigenvalue weighted by molar-refractivity contribution is 4.88. The molecule has 2 rings (SSSR count). The van der Waals surface area contributed by atoms with Crippen LogP contribution < -0.4 is 10.6 Å². The lowest BCUT2D eigenvalue weighted by Crippen LogP contribution is -2.39. The Balaban J connectivity index is 0.000000120. The van der Waals surface area contributed by atoms with Crippen LogP contribution in [0.1, 0.15) is 0 Å². The molecule has 3 nitrogen and oxygen atoms in total. The van der Waals surface area contributed by atoms with E-state index in [1.807, 2.05) is 18.2 Å². The minimum absolute atomic E-state index is 1.14. The summed E-state index contributed by atoms with van der Waals surface area (Å²) < 4.78 is 0. The van der Waals surface area contributed by atoms with E-state index in [1.54, 1.807) is 12.4 Å². The zero-order chi connectivity index (χ0) is 8.49. The average molecular weight is 165 g/mol. The normalized spacial score (nSPS) is 16.0. The molecule has 0 saturated carbocycles. The third-order valence-electron chi connectivity index (χ3n) is 1.52. The number of hydrogen-bond donors (Lipinski definition) is 2. The fraction of sp³-hybridized carbons (Fsp3) is 0.444. The molecule has 0 unspecified atom stereocenters. The minimum Gasteiger partial charge on any atom is -0.314 e. The molecule has 0 radical (unpaired) electrons. The Morgan fingerprint density at radius 2 is 1.25 bits per heavy atom. The first-order valence-electron chi connectivity index (χ1n) is 4.26. The number of aromatic nitrogens is 1. The van der Waals surface area contributed by atoms with Crippen LogP contribution in [0.3, 0.4) is 0 Å². The van der Waals surface area contributed by atoms with Crippen molar-refractivity contribution in [3.63, 3.8) is 0 Å². The van der Waals surface area contributed by atoms with Crippen LogP contribution in [0.25, 0.3) is 0 Å². The Morgan fingerprint density at radius 1 is 0.750 bits per heavy atom. The van der Waals surface area contributed by atoms with Crippen molar-refractivity contribution in [1.29, 1.82) is 0 Å². The van der Waals surface area contributed by atoms with E-state index in [0.717, 1.165) is 26.2 Å². The Kier molecular flexibility index (Phi) is 5.16. The second-order valence-corrected chi connectivity index (χ2v) is 2.52. The van der Waals surface area contributed by atoms with Crippen LogP contribution in [-0.2, 0) is 0 Å². The van der Waals surface area contributed by atoms with Gasteiger partial charge in [0.25, 0.3) is 0 Å². The molecule has 0 amide bonds. The lowest BCUT2D eigenvalue weighted by molar-refractivity contribution is 0.534. The van der Waals surface area contributed by atoms with E-state index in [1.165, 1.54) is 0 Å². The molecule has 1 aliphatic heterocycles. The largest absolute Gasteiger partial charge is 0.314 e. The molecule has 2 N–H and O–H groups in total. The summed E-state index contributed by atoms with van der Waals surface area (Å²) in [6.07, 6.45) is 3.50. The Bertz CT molecular complexity index is 134. The van der Waals surface area contributed by atoms with Crippen molar-refractivity contribution < 1.29 is 0 Å². The lowest BCUT2D eigenvalue weighted by Gasteiger charge is -2.11. The molecule has 0 aliphatic carbocycles. The lowest BCUT2D eigenvalue weighted by atomic mass is 10.4. The number of nitrogens with one attached hydrogen (secondary N) is 2. The van der Waals surface area contributed by atoms with Crippen molar-refractivity contribution in [3.05, 3.63) is 30.6 Å². The summed E-state index contributed by atoms with van der Waals surface area (Å²) in [5.74, 6) is 0. The Hall–Kier alpha value is -0.930. The summed E-state index contributed by atoms with van der Waals surface area (Å²) in [6.45, 7) is 4.56. The molecule has 1 fully saturated rings. The monoisotopic (exact) mass is 165 g/mol. The summed E-state index contributed by atoms with van der Waals surface area (Å²) in [5.41, 5.74) is 0. The molecule has 0 spiro atoms. The van der Waals surface area contributed by atoms with Gasteiger partial charge in [0.15, 0.2) is 0 Å². The Labute approximate surface area is 73.2 Å². The topological polar surface area (TPSA) is 37.0 Å². The number of nitrogens with zero attached hydrogens (tertiary/aromatic N) is 1. The Morgan fingerprint density at radius 3 is 1.42 bits per heavy atom. The molecule has 2 heterocycles. The van der Waals surface area contributed by atoms with Crippen LogP contribution >= 0.6 is 0 Å². The van der Waals surface area contributed by atoms with E-state index in [9.17, 15) is 0 Å². The zero-order valence-electron chi connectivity index (χ0n) is 7.16. The van der Waals surface area contributed by atoms with Gasteiger partial charge in [0.05, 0.1) is 0 Å². The standard InChI is InChI=1S/C5H5N.C4H10N2/c1-2-4-6-5-3-1;1-2-6-4-3-5-1/h1-5H;5-6H,1-4H2. The van der Waals surface area contributed by atoms with Crippen LogP contribution in [0.4, 0.5) is 0 Å². The number of piperazine rings is 1. The quantitative estimate of drug-likeness (QED) is 0.579. The maximum absolute atomic E-state index is 3.78. The molecule has 12 heavy (non-hydrogen) atoms. The molecule has 66 valence electrons. The molecule has 1 aromatic rings. The van der Waals surface area contributed by atoms with E-state index in [-0.39, 0.29) is 0 Å². The smallest absolute Gasteiger partial charge is 0.0267 e. The fourth-order valence-corrected chi connectivity index (χ4v) is 0.916. The van der Waals surface area contributed by atoms with Crippen LogP contribution in [0.5, 0.6) is 0 Å². The fourth-order valence-electron chi connectivity index (χ4n) is 0.916. The van der Waals surface area contributed by atoms with Crippen molar-refractivity contribution in [2.45, 2.75) is 0 Å². The first-order chi connectivity index (χ1) is 6.00. The maximum atomic E-state index is 3.78. The van der Waals surface area contributed by atoms with Gasteiger partial charge >= 0.3 is 0 Å². The number of hydrogen-bond acceptors (Lipinski definition) is 3. The van der Waals surface area contributed by atoms with Gasteiger partial charge in [0.2, 0.25) is 0 Å². The second-order valence-electron chi connectivity index (χ2n) is 2.52. The van der Waals surface area contributed by atoms with Crippen LogP contribution in [0, 0.1) is 0 Å². The number of rotatable bonds is 0. The third-order valence-corrected chi connectivity index (χ3v) is 1.52. The number of pyridine rings is 1. The SMILES string of the molecule is C1CNCCN1.c1ccncc1. The van der Waals surface area contributed by atoms with E-state index in [2.05, 4.69) is 15.6 Å². The summed E-state index contributed by atoms with van der Waals surface area (Å²) in [5, 5.41) is 6.44. The van der Waals surface area contributed by atoms with E-state index in [4.69, 9.17) is 0 Å². The van der Waals surface area contributed by atoms with Crippen molar-refractivity contribution >= 4 is 0 Å². The van der Waals surface area contributed by atoms with Gasteiger partial charge in [0, 0.05) is 38.6 Å². The van der Waals surface area contributed by atoms with Gasteiger partial charge in [-0.3, -0.25) is 4.98 Å². The van der Waals surface area contributed by atoms with Crippen molar-refractivity contribution in [1.82, 2.24) is 15.6 Å². The molecule has 1 aliphatic rings. The predicted octanol–water partition coefficient (Wildman–Crippen LogP) is 0.261. The molecular formula is C9H15N3. The summed E-state index contributed by atoms with van der Waals surface area (Å²) >= 11 is 0. The molecule has 0 aromatic carbocycles. The maximum Gasteiger partial charge on any atom is 0.0267 e. The predicted molar refractivity (Wildman–Crippen MR) is 50.0 cm³/mol. The zero-order valence-corrected chi connectivity index (χ0v) is 7.16. The van der Waals surface area contributed by atoms with Gasteiger partial charge in [0.1, 0.15) is 0 Å². The molecule has 1 saturated heterocycles. The van der Waals surface area contributed by atoms with Crippen molar-refractivity contribution in [3.8, 4) is 0 Å². The van der Waals surface area contributed by atoms with E-state index >= 15 is 0 Å². The first-order valence-corrected chi connectivity index (χ1v) is 4.26. The van der Waals surface area contributed by atoms with Gasteiger partial charge in [-0.15, -0.1) is 0 Å². The molecular weight excluding hydrogens is 150 g/mol. The third kappa shape index (κ3) is 4.82. The summed E-state index contributed by atoms with van der Waals surface area (Å²) in [7, 11) is 0. The molecule has 0 bridgehead atoms. The van der Waals surface area contributed by atoms with Gasteiger partial charge in [-0.05, 0) is 12.1 Å². The van der Waals surface area contributed by atoms with Gasteiger partial charge in [-0.2, -0.15) is 0 Å². The van der Waals surface area contributed by atoms with Crippen LogP contribution in [0.15, 0.2) is 30.6 Å². The van der Waals surface area contributed by atoms with E-state index < -0.39 is 0 Å². The van der Waals surface area contributed by atoms with Crippen LogP contribution in [0.2, 0.25) is 0 Å². The summed E-state index contributed by atoms with van der Waals surface area (Å²) in [6, 6.07) is 5.72. The molecule has 3 heteroatoms. The average Bonchev–Trinajstić information content (AvgIpc) is 2.24. The molecule has 0 atom stereocenters. The highest BCUT2D eigenvalue weighted by Gasteiger charge is 1.91. The van der Waals surface area contributed by atoms with Crippen LogP contribution in [-0.4, -0.2) is 31.2 Å². The summed E-state index contributed by atoms with van der Waals surface area (Å²) in [4.78, 5) is 3.78. The van der Waals surface area contributed by atoms with Crippen molar-refractivity contribution in [2.75, 3.05) is 26.2 Å². The highest BCUT2D eigenvalue weighted by atomic mass is 15.0. The highest BCUT2D eigenvalue weighted by Crippen LogP contribution is 1.73. The minimum atomic E-state index is 1.14. The first kappa shape index (κ1) is 9.16.